The molecule has 0 radical (unpaired) electrons. The summed E-state index contributed by atoms with van der Waals surface area (Å²) in [6, 6.07) is 26.5. The Labute approximate surface area is 198 Å². The van der Waals surface area contributed by atoms with E-state index in [2.05, 4.69) is 71.6 Å². The van der Waals surface area contributed by atoms with Crippen LogP contribution >= 0.6 is 0 Å². The highest BCUT2D eigenvalue weighted by atomic mass is 16.1. The molecule has 172 valence electrons. The number of anilines is 2. The first-order valence-electron chi connectivity index (χ1n) is 12.5. The standard InChI is InChI=1S/C28H30N2O.C2H6/c29-24-9-13-27-23(18-24)8-12-26(21-4-2-1-3-5-21)28(27)22-6-10-25(11-7-22)30-16-14-20(19-31)15-17-30;1-2/h1-7,9-11,13,18-20,26,28H,8,12,14-17,29H2;1-2H3. The van der Waals surface area contributed by atoms with Crippen molar-refractivity contribution in [2.75, 3.05) is 23.7 Å². The van der Waals surface area contributed by atoms with Crippen LogP contribution < -0.4 is 10.6 Å². The molecule has 2 unspecified atom stereocenters. The van der Waals surface area contributed by atoms with E-state index in [4.69, 9.17) is 5.73 Å². The number of rotatable bonds is 4. The Bertz CT molecular complexity index is 1040. The summed E-state index contributed by atoms with van der Waals surface area (Å²) < 4.78 is 0. The molecule has 2 N–H and O–H groups in total. The van der Waals surface area contributed by atoms with Crippen LogP contribution in [-0.4, -0.2) is 19.4 Å². The van der Waals surface area contributed by atoms with E-state index >= 15 is 0 Å². The van der Waals surface area contributed by atoms with Gasteiger partial charge >= 0.3 is 0 Å². The van der Waals surface area contributed by atoms with Crippen LogP contribution in [0.3, 0.4) is 0 Å². The molecular formula is C30H36N2O. The fraction of sp³-hybridized carbons (Fsp3) is 0.367. The summed E-state index contributed by atoms with van der Waals surface area (Å²) in [5, 5.41) is 0. The minimum Gasteiger partial charge on any atom is -0.399 e. The minimum atomic E-state index is 0.230. The molecule has 5 rings (SSSR count). The van der Waals surface area contributed by atoms with Gasteiger partial charge in [0.2, 0.25) is 0 Å². The molecule has 3 aromatic carbocycles. The number of hydrogen-bond acceptors (Lipinski definition) is 3. The van der Waals surface area contributed by atoms with Gasteiger partial charge in [0.05, 0.1) is 0 Å². The third-order valence-electron chi connectivity index (χ3n) is 7.21. The lowest BCUT2D eigenvalue weighted by molar-refractivity contribution is -0.111. The van der Waals surface area contributed by atoms with Crippen molar-refractivity contribution < 1.29 is 4.79 Å². The summed E-state index contributed by atoms with van der Waals surface area (Å²) in [6.07, 6.45) is 5.24. The van der Waals surface area contributed by atoms with Crippen LogP contribution in [0.15, 0.2) is 72.8 Å². The molecule has 33 heavy (non-hydrogen) atoms. The number of hydrogen-bond donors (Lipinski definition) is 1. The Kier molecular flexibility index (Phi) is 7.49. The topological polar surface area (TPSA) is 46.3 Å². The van der Waals surface area contributed by atoms with Crippen molar-refractivity contribution in [1.29, 1.82) is 0 Å². The van der Waals surface area contributed by atoms with Crippen molar-refractivity contribution in [2.45, 2.75) is 51.4 Å². The number of aldehydes is 1. The molecule has 1 aliphatic heterocycles. The third-order valence-corrected chi connectivity index (χ3v) is 7.21. The van der Waals surface area contributed by atoms with Crippen LogP contribution in [-0.2, 0) is 11.2 Å². The van der Waals surface area contributed by atoms with Crippen LogP contribution in [0.25, 0.3) is 0 Å². The highest BCUT2D eigenvalue weighted by Gasteiger charge is 2.32. The Morgan fingerprint density at radius 1 is 0.848 bits per heavy atom. The number of benzene rings is 3. The largest absolute Gasteiger partial charge is 0.399 e. The zero-order valence-electron chi connectivity index (χ0n) is 19.9. The van der Waals surface area contributed by atoms with E-state index < -0.39 is 0 Å². The van der Waals surface area contributed by atoms with E-state index in [0.717, 1.165) is 50.7 Å². The summed E-state index contributed by atoms with van der Waals surface area (Å²) in [5.74, 6) is 1.03. The van der Waals surface area contributed by atoms with Gasteiger partial charge in [0.1, 0.15) is 6.29 Å². The first-order valence-corrected chi connectivity index (χ1v) is 12.5. The van der Waals surface area contributed by atoms with E-state index in [1.807, 2.05) is 19.9 Å². The number of nitrogen functional groups attached to an aromatic ring is 1. The predicted molar refractivity (Wildman–Crippen MR) is 139 cm³/mol. The van der Waals surface area contributed by atoms with Crippen LogP contribution in [0, 0.1) is 5.92 Å². The van der Waals surface area contributed by atoms with E-state index in [0.29, 0.717) is 11.8 Å². The summed E-state index contributed by atoms with van der Waals surface area (Å²) in [7, 11) is 0. The molecule has 1 fully saturated rings. The normalized spacial score (nSPS) is 20.4. The molecular weight excluding hydrogens is 404 g/mol. The minimum absolute atomic E-state index is 0.230. The van der Waals surface area contributed by atoms with E-state index in [1.165, 1.54) is 27.9 Å². The zero-order valence-corrected chi connectivity index (χ0v) is 19.9. The van der Waals surface area contributed by atoms with E-state index in [-0.39, 0.29) is 5.92 Å². The second-order valence-corrected chi connectivity index (χ2v) is 9.04. The molecule has 3 nitrogen and oxygen atoms in total. The van der Waals surface area contributed by atoms with Gasteiger partial charge in [-0.3, -0.25) is 0 Å². The molecule has 2 aliphatic rings. The van der Waals surface area contributed by atoms with Gasteiger partial charge < -0.3 is 15.4 Å². The molecule has 1 heterocycles. The lowest BCUT2D eigenvalue weighted by atomic mass is 9.69. The van der Waals surface area contributed by atoms with Crippen LogP contribution in [0.2, 0.25) is 0 Å². The second-order valence-electron chi connectivity index (χ2n) is 9.04. The molecule has 0 spiro atoms. The average Bonchev–Trinajstić information content (AvgIpc) is 2.90. The SMILES string of the molecule is CC.Nc1ccc2c(c1)CCC(c1ccccc1)C2c1ccc(N2CCC(C=O)CC2)cc1. The van der Waals surface area contributed by atoms with Crippen LogP contribution in [0.1, 0.15) is 67.2 Å². The highest BCUT2D eigenvalue weighted by molar-refractivity contribution is 5.57. The van der Waals surface area contributed by atoms with E-state index in [1.54, 1.807) is 0 Å². The number of piperidine rings is 1. The van der Waals surface area contributed by atoms with Gasteiger partial charge in [-0.2, -0.15) is 0 Å². The second kappa shape index (κ2) is 10.7. The smallest absolute Gasteiger partial charge is 0.123 e. The van der Waals surface area contributed by atoms with Gasteiger partial charge in [0.15, 0.2) is 0 Å². The van der Waals surface area contributed by atoms with Crippen molar-refractivity contribution in [3.05, 3.63) is 95.1 Å². The molecule has 3 heteroatoms. The first-order chi connectivity index (χ1) is 16.2. The molecule has 0 saturated carbocycles. The molecule has 0 aromatic heterocycles. The zero-order chi connectivity index (χ0) is 23.2. The van der Waals surface area contributed by atoms with Crippen molar-refractivity contribution >= 4 is 17.7 Å². The monoisotopic (exact) mass is 440 g/mol. The molecule has 2 atom stereocenters. The van der Waals surface area contributed by atoms with Crippen LogP contribution in [0.4, 0.5) is 11.4 Å². The van der Waals surface area contributed by atoms with Gasteiger partial charge in [-0.1, -0.05) is 62.4 Å². The third kappa shape index (κ3) is 4.98. The van der Waals surface area contributed by atoms with Gasteiger partial charge in [-0.15, -0.1) is 0 Å². The van der Waals surface area contributed by atoms with Crippen molar-refractivity contribution in [2.24, 2.45) is 5.92 Å². The van der Waals surface area contributed by atoms with Gasteiger partial charge in [-0.25, -0.2) is 0 Å². The van der Waals surface area contributed by atoms with Gasteiger partial charge in [-0.05, 0) is 78.1 Å². The molecule has 0 amide bonds. The Morgan fingerprint density at radius 3 is 2.21 bits per heavy atom. The molecule has 1 aliphatic carbocycles. The maximum Gasteiger partial charge on any atom is 0.123 e. The number of aryl methyl sites for hydroxylation is 1. The number of nitrogens with two attached hydrogens (primary N) is 1. The summed E-state index contributed by atoms with van der Waals surface area (Å²) in [5.41, 5.74) is 13.8. The molecule has 1 saturated heterocycles. The van der Waals surface area contributed by atoms with Crippen molar-refractivity contribution in [3.63, 3.8) is 0 Å². The quantitative estimate of drug-likeness (QED) is 0.368. The van der Waals surface area contributed by atoms with Gasteiger partial charge in [0.25, 0.3) is 0 Å². The van der Waals surface area contributed by atoms with Gasteiger partial charge in [0, 0.05) is 36.3 Å². The Hall–Kier alpha value is -3.07. The average molecular weight is 441 g/mol. The lowest BCUT2D eigenvalue weighted by Crippen LogP contribution is -2.34. The lowest BCUT2D eigenvalue weighted by Gasteiger charge is -2.35. The fourth-order valence-corrected chi connectivity index (χ4v) is 5.50. The number of carbonyl (C=O) groups is 1. The van der Waals surface area contributed by atoms with Crippen LogP contribution in [0.5, 0.6) is 0 Å². The highest BCUT2D eigenvalue weighted by Crippen LogP contribution is 2.46. The fourth-order valence-electron chi connectivity index (χ4n) is 5.50. The van der Waals surface area contributed by atoms with Crippen molar-refractivity contribution in [3.8, 4) is 0 Å². The number of nitrogens with zero attached hydrogens (tertiary/aromatic N) is 1. The number of fused-ring (bicyclic) bond motifs is 1. The Morgan fingerprint density at radius 2 is 1.55 bits per heavy atom. The molecule has 3 aromatic rings. The van der Waals surface area contributed by atoms with Crippen molar-refractivity contribution in [1.82, 2.24) is 0 Å². The van der Waals surface area contributed by atoms with E-state index in [9.17, 15) is 4.79 Å². The number of carbonyl (C=O) groups excluding carboxylic acids is 1. The first kappa shape index (κ1) is 23.1. The summed E-state index contributed by atoms with van der Waals surface area (Å²) in [6.45, 7) is 5.92. The Balaban J connectivity index is 0.00000126. The maximum atomic E-state index is 11.1. The predicted octanol–water partition coefficient (Wildman–Crippen LogP) is 6.57. The summed E-state index contributed by atoms with van der Waals surface area (Å²) in [4.78, 5) is 13.5. The summed E-state index contributed by atoms with van der Waals surface area (Å²) >= 11 is 0. The maximum absolute atomic E-state index is 11.1. The molecule has 0 bridgehead atoms.